The number of piperidine rings is 1. The lowest BCUT2D eigenvalue weighted by Gasteiger charge is -2.50. The van der Waals surface area contributed by atoms with Crippen LogP contribution in [0.5, 0.6) is 0 Å². The molecule has 172 valence electrons. The van der Waals surface area contributed by atoms with E-state index in [0.29, 0.717) is 44.5 Å². The molecule has 0 bridgehead atoms. The molecule has 1 aliphatic carbocycles. The molecule has 1 saturated carbocycles. The van der Waals surface area contributed by atoms with Gasteiger partial charge in [0.15, 0.2) is 0 Å². The number of nitrogens with one attached hydrogen (secondary N) is 1. The molecule has 4 rings (SSSR count). The van der Waals surface area contributed by atoms with Gasteiger partial charge in [0.2, 0.25) is 20.0 Å². The number of carbonyl (C=O) groups excluding carboxylic acids is 1. The quantitative estimate of drug-likeness (QED) is 0.691. The van der Waals surface area contributed by atoms with Gasteiger partial charge in [-0.1, -0.05) is 30.3 Å². The van der Waals surface area contributed by atoms with E-state index in [9.17, 15) is 21.6 Å². The molecule has 0 spiro atoms. The highest BCUT2D eigenvalue weighted by molar-refractivity contribution is 7.92. The van der Waals surface area contributed by atoms with E-state index in [-0.39, 0.29) is 22.0 Å². The molecule has 0 radical (unpaired) electrons. The molecule has 2 aliphatic rings. The zero-order valence-corrected chi connectivity index (χ0v) is 19.7. The number of hydrogen-bond acceptors (Lipinski definition) is 5. The topological polar surface area (TPSA) is 101 Å². The minimum atomic E-state index is -3.75. The lowest BCUT2D eigenvalue weighted by molar-refractivity contribution is -0.126. The van der Waals surface area contributed by atoms with Crippen LogP contribution in [-0.2, 0) is 31.3 Å². The van der Waals surface area contributed by atoms with Crippen LogP contribution in [0.3, 0.4) is 0 Å². The number of ketones is 1. The first kappa shape index (κ1) is 22.9. The van der Waals surface area contributed by atoms with Crippen LogP contribution in [0.2, 0.25) is 0 Å². The maximum absolute atomic E-state index is 13.4. The third-order valence-corrected chi connectivity index (χ3v) is 9.12. The van der Waals surface area contributed by atoms with Crippen LogP contribution >= 0.6 is 0 Å². The second-order valence-corrected chi connectivity index (χ2v) is 12.7. The number of fused-ring (bicyclic) bond motifs is 1. The summed E-state index contributed by atoms with van der Waals surface area (Å²) in [6.07, 6.45) is 4.15. The Kier molecular flexibility index (Phi) is 6.17. The molecule has 2 atom stereocenters. The number of carbonyl (C=O) groups is 1. The third-order valence-electron chi connectivity index (χ3n) is 6.65. The van der Waals surface area contributed by atoms with E-state index in [1.165, 1.54) is 24.3 Å². The molecule has 2 aromatic rings. The second kappa shape index (κ2) is 8.61. The molecule has 1 N–H and O–H groups in total. The highest BCUT2D eigenvalue weighted by Gasteiger charge is 2.49. The van der Waals surface area contributed by atoms with Gasteiger partial charge in [-0.05, 0) is 60.4 Å². The van der Waals surface area contributed by atoms with Crippen molar-refractivity contribution >= 4 is 31.5 Å². The molecule has 1 unspecified atom stereocenters. The number of hydrogen-bond donors (Lipinski definition) is 1. The van der Waals surface area contributed by atoms with Crippen molar-refractivity contribution in [2.24, 2.45) is 11.3 Å². The summed E-state index contributed by atoms with van der Waals surface area (Å²) in [5.74, 6) is 0.445. The first-order chi connectivity index (χ1) is 15.1. The Morgan fingerprint density at radius 1 is 1.03 bits per heavy atom. The van der Waals surface area contributed by atoms with Crippen molar-refractivity contribution in [1.29, 1.82) is 0 Å². The van der Waals surface area contributed by atoms with E-state index in [1.807, 2.05) is 18.2 Å². The summed E-state index contributed by atoms with van der Waals surface area (Å²) in [5, 5.41) is 0. The lowest BCUT2D eigenvalue weighted by Crippen LogP contribution is -2.54. The summed E-state index contributed by atoms with van der Waals surface area (Å²) in [5.41, 5.74) is 1.21. The van der Waals surface area contributed by atoms with Crippen LogP contribution in [0.4, 0.5) is 5.69 Å². The van der Waals surface area contributed by atoms with Crippen LogP contribution in [0.25, 0.3) is 0 Å². The SMILES string of the molecule is CS(=O)(=O)Nc1ccc(S(=O)(=O)N2CCC3CC(=O)CC[C@]3(Cc3ccccc3)C2)cc1. The third kappa shape index (κ3) is 4.89. The van der Waals surface area contributed by atoms with Crippen molar-refractivity contribution in [1.82, 2.24) is 4.31 Å². The minimum Gasteiger partial charge on any atom is -0.300 e. The van der Waals surface area contributed by atoms with Crippen LogP contribution in [-0.4, -0.2) is 46.3 Å². The Morgan fingerprint density at radius 3 is 2.38 bits per heavy atom. The summed E-state index contributed by atoms with van der Waals surface area (Å²) in [6, 6.07) is 15.8. The fourth-order valence-electron chi connectivity index (χ4n) is 5.09. The molecular weight excluding hydrogens is 448 g/mol. The molecule has 0 aromatic heterocycles. The van der Waals surface area contributed by atoms with Gasteiger partial charge in [0.05, 0.1) is 11.2 Å². The zero-order valence-electron chi connectivity index (χ0n) is 18.0. The Morgan fingerprint density at radius 2 is 1.72 bits per heavy atom. The monoisotopic (exact) mass is 476 g/mol. The lowest BCUT2D eigenvalue weighted by atomic mass is 9.60. The first-order valence-electron chi connectivity index (χ1n) is 10.7. The van der Waals surface area contributed by atoms with Gasteiger partial charge in [0.25, 0.3) is 0 Å². The first-order valence-corrected chi connectivity index (χ1v) is 14.0. The summed E-state index contributed by atoms with van der Waals surface area (Å²) < 4.78 is 53.6. The fourth-order valence-corrected chi connectivity index (χ4v) is 7.20. The van der Waals surface area contributed by atoms with Gasteiger partial charge in [-0.15, -0.1) is 0 Å². The van der Waals surface area contributed by atoms with Gasteiger partial charge in [-0.2, -0.15) is 4.31 Å². The molecule has 0 amide bonds. The Balaban J connectivity index is 1.60. The predicted octanol–water partition coefficient (Wildman–Crippen LogP) is 3.05. The molecule has 7 nitrogen and oxygen atoms in total. The van der Waals surface area contributed by atoms with Crippen LogP contribution in [0, 0.1) is 11.3 Å². The zero-order chi connectivity index (χ0) is 23.0. The van der Waals surface area contributed by atoms with Crippen molar-refractivity contribution in [3.63, 3.8) is 0 Å². The van der Waals surface area contributed by atoms with E-state index < -0.39 is 20.0 Å². The maximum Gasteiger partial charge on any atom is 0.243 e. The summed E-state index contributed by atoms with van der Waals surface area (Å²) in [6.45, 7) is 0.756. The smallest absolute Gasteiger partial charge is 0.243 e. The number of sulfonamides is 2. The minimum absolute atomic E-state index is 0.136. The average molecular weight is 477 g/mol. The summed E-state index contributed by atoms with van der Waals surface area (Å²) in [7, 11) is -7.18. The van der Waals surface area contributed by atoms with Crippen molar-refractivity contribution in [2.75, 3.05) is 24.1 Å². The van der Waals surface area contributed by atoms with Gasteiger partial charge in [-0.25, -0.2) is 16.8 Å². The van der Waals surface area contributed by atoms with Crippen molar-refractivity contribution in [3.8, 4) is 0 Å². The van der Waals surface area contributed by atoms with Crippen molar-refractivity contribution in [3.05, 3.63) is 60.2 Å². The summed E-state index contributed by atoms with van der Waals surface area (Å²) in [4.78, 5) is 12.3. The number of rotatable bonds is 6. The van der Waals surface area contributed by atoms with Gasteiger partial charge in [0.1, 0.15) is 5.78 Å². The summed E-state index contributed by atoms with van der Waals surface area (Å²) >= 11 is 0. The normalized spacial score (nSPS) is 24.7. The van der Waals surface area contributed by atoms with E-state index in [1.54, 1.807) is 4.31 Å². The highest BCUT2D eigenvalue weighted by atomic mass is 32.2. The van der Waals surface area contributed by atoms with Crippen molar-refractivity contribution < 1.29 is 21.6 Å². The van der Waals surface area contributed by atoms with Crippen LogP contribution in [0.1, 0.15) is 31.2 Å². The molecule has 2 aromatic carbocycles. The maximum atomic E-state index is 13.4. The molecule has 1 aliphatic heterocycles. The van der Waals surface area contributed by atoms with E-state index in [2.05, 4.69) is 16.9 Å². The fraction of sp³-hybridized carbons (Fsp3) is 0.435. The van der Waals surface area contributed by atoms with Gasteiger partial charge in [0, 0.05) is 31.6 Å². The standard InChI is InChI=1S/C23H28N2O5S2/c1-31(27,28)24-20-7-9-22(10-8-20)32(29,30)25-14-12-19-15-21(26)11-13-23(19,17-25)16-18-5-3-2-4-6-18/h2-10,19,24H,11-17H2,1H3/t19?,23-/m0/s1. The van der Waals surface area contributed by atoms with E-state index in [0.717, 1.165) is 18.2 Å². The van der Waals surface area contributed by atoms with Gasteiger partial charge in [-0.3, -0.25) is 9.52 Å². The molecule has 32 heavy (non-hydrogen) atoms. The van der Waals surface area contributed by atoms with Crippen LogP contribution < -0.4 is 4.72 Å². The Bertz CT molecular complexity index is 1190. The molecule has 9 heteroatoms. The van der Waals surface area contributed by atoms with Crippen molar-refractivity contribution in [2.45, 2.75) is 37.0 Å². The highest BCUT2D eigenvalue weighted by Crippen LogP contribution is 2.48. The average Bonchev–Trinajstić information content (AvgIpc) is 2.73. The van der Waals surface area contributed by atoms with Crippen LogP contribution in [0.15, 0.2) is 59.5 Å². The molecular formula is C23H28N2O5S2. The number of benzene rings is 2. The van der Waals surface area contributed by atoms with E-state index in [4.69, 9.17) is 0 Å². The number of Topliss-reactive ketones (excluding diaryl/α,β-unsaturated/α-hetero) is 1. The Hall–Kier alpha value is -2.23. The van der Waals surface area contributed by atoms with Gasteiger partial charge >= 0.3 is 0 Å². The Labute approximate surface area is 189 Å². The molecule has 2 fully saturated rings. The number of anilines is 1. The second-order valence-electron chi connectivity index (χ2n) is 8.99. The predicted molar refractivity (Wildman–Crippen MR) is 123 cm³/mol. The number of nitrogens with zero attached hydrogens (tertiary/aromatic N) is 1. The van der Waals surface area contributed by atoms with Gasteiger partial charge < -0.3 is 0 Å². The van der Waals surface area contributed by atoms with E-state index >= 15 is 0 Å². The molecule has 1 saturated heterocycles. The molecule has 1 heterocycles. The largest absolute Gasteiger partial charge is 0.300 e.